The number of para-hydroxylation sites is 2. The Hall–Kier alpha value is -9.77. The van der Waals surface area contributed by atoms with E-state index in [4.69, 9.17) is 15.0 Å². The van der Waals surface area contributed by atoms with E-state index in [9.17, 15) is 0 Å². The molecular formula is C71H44N4. The van der Waals surface area contributed by atoms with Gasteiger partial charge in [0.15, 0.2) is 17.5 Å². The second-order valence-electron chi connectivity index (χ2n) is 20.2. The summed E-state index contributed by atoms with van der Waals surface area (Å²) in [6.07, 6.45) is 0. The molecule has 2 spiro atoms. The van der Waals surface area contributed by atoms with Gasteiger partial charge < -0.3 is 4.57 Å². The predicted octanol–water partition coefficient (Wildman–Crippen LogP) is 16.7. The number of benzene rings is 11. The van der Waals surface area contributed by atoms with Gasteiger partial charge in [0, 0.05) is 33.2 Å². The molecule has 3 aliphatic carbocycles. The van der Waals surface area contributed by atoms with Crippen molar-refractivity contribution in [3.8, 4) is 73.2 Å². The van der Waals surface area contributed by atoms with Gasteiger partial charge in [0.05, 0.1) is 21.9 Å². The van der Waals surface area contributed by atoms with Crippen LogP contribution in [0.3, 0.4) is 0 Å². The molecule has 75 heavy (non-hydrogen) atoms. The molecule has 0 aliphatic heterocycles. The van der Waals surface area contributed by atoms with Gasteiger partial charge in [-0.2, -0.15) is 0 Å². The van der Waals surface area contributed by atoms with Gasteiger partial charge in [-0.3, -0.25) is 0 Å². The van der Waals surface area contributed by atoms with Crippen LogP contribution in [0.1, 0.15) is 44.5 Å². The van der Waals surface area contributed by atoms with Crippen molar-refractivity contribution < 1.29 is 0 Å². The third-order valence-corrected chi connectivity index (χ3v) is 16.6. The quantitative estimate of drug-likeness (QED) is 0.173. The first kappa shape index (κ1) is 41.8. The van der Waals surface area contributed by atoms with Crippen molar-refractivity contribution in [1.29, 1.82) is 0 Å². The lowest BCUT2D eigenvalue weighted by atomic mass is 9.52. The van der Waals surface area contributed by atoms with Crippen LogP contribution < -0.4 is 0 Å². The van der Waals surface area contributed by atoms with Gasteiger partial charge >= 0.3 is 0 Å². The third-order valence-electron chi connectivity index (χ3n) is 16.6. The summed E-state index contributed by atoms with van der Waals surface area (Å²) in [4.78, 5) is 15.5. The first-order chi connectivity index (χ1) is 37.2. The van der Waals surface area contributed by atoms with Gasteiger partial charge in [0.25, 0.3) is 0 Å². The fourth-order valence-corrected chi connectivity index (χ4v) is 13.5. The molecule has 0 amide bonds. The minimum atomic E-state index is -0.566. The number of hydrogen-bond acceptors (Lipinski definition) is 3. The lowest BCUT2D eigenvalue weighted by Crippen LogP contribution is -2.43. The second-order valence-corrected chi connectivity index (χ2v) is 20.2. The van der Waals surface area contributed by atoms with E-state index < -0.39 is 10.8 Å². The molecule has 13 aromatic rings. The van der Waals surface area contributed by atoms with Crippen molar-refractivity contribution >= 4 is 21.8 Å². The van der Waals surface area contributed by atoms with E-state index in [1.54, 1.807) is 0 Å². The van der Waals surface area contributed by atoms with Crippen LogP contribution in [0.5, 0.6) is 0 Å². The summed E-state index contributed by atoms with van der Waals surface area (Å²) in [6.45, 7) is 0. The lowest BCUT2D eigenvalue weighted by molar-refractivity contribution is 0.633. The van der Waals surface area contributed by atoms with Crippen LogP contribution in [-0.2, 0) is 10.8 Å². The Labute approximate surface area is 434 Å². The number of fused-ring (bicyclic) bond motifs is 19. The Morgan fingerprint density at radius 1 is 0.240 bits per heavy atom. The van der Waals surface area contributed by atoms with Crippen LogP contribution in [0.4, 0.5) is 0 Å². The van der Waals surface area contributed by atoms with Crippen molar-refractivity contribution in [3.05, 3.63) is 311 Å². The SMILES string of the molecule is c1ccc(-c2nc(-c3ccc(-c4ccc5c(c4)C4(c6ccccc6-c6ccccc64)c4ccccc4C54c5ccccc5-c5ccccc54)cc3)nc(-c3ccc(-n4c5ccccc5c5ccccc54)cc3)n2)cc1. The largest absolute Gasteiger partial charge is 0.309 e. The molecule has 16 rings (SSSR count). The average molecular weight is 953 g/mol. The minimum Gasteiger partial charge on any atom is -0.309 e. The highest BCUT2D eigenvalue weighted by molar-refractivity contribution is 6.09. The molecule has 0 fully saturated rings. The Balaban J connectivity index is 0.854. The zero-order valence-electron chi connectivity index (χ0n) is 40.7. The molecule has 0 unspecified atom stereocenters. The molecule has 2 aromatic heterocycles. The lowest BCUT2D eigenvalue weighted by Gasteiger charge is -2.49. The summed E-state index contributed by atoms with van der Waals surface area (Å²) < 4.78 is 2.34. The van der Waals surface area contributed by atoms with E-state index in [2.05, 4.69) is 253 Å². The number of aromatic nitrogens is 4. The molecule has 348 valence electrons. The zero-order valence-corrected chi connectivity index (χ0v) is 40.7. The molecule has 0 radical (unpaired) electrons. The fourth-order valence-electron chi connectivity index (χ4n) is 13.5. The smallest absolute Gasteiger partial charge is 0.164 e. The molecule has 4 nitrogen and oxygen atoms in total. The fraction of sp³-hybridized carbons (Fsp3) is 0.0282. The van der Waals surface area contributed by atoms with Crippen LogP contribution in [0.15, 0.2) is 267 Å². The number of nitrogens with zero attached hydrogens (tertiary/aromatic N) is 4. The van der Waals surface area contributed by atoms with Crippen molar-refractivity contribution in [2.75, 3.05) is 0 Å². The first-order valence-electron chi connectivity index (χ1n) is 25.8. The second kappa shape index (κ2) is 15.9. The summed E-state index contributed by atoms with van der Waals surface area (Å²) in [5.41, 5.74) is 23.1. The maximum absolute atomic E-state index is 5.21. The maximum atomic E-state index is 5.21. The Morgan fingerprint density at radius 2 is 0.573 bits per heavy atom. The Morgan fingerprint density at radius 3 is 1.05 bits per heavy atom. The van der Waals surface area contributed by atoms with Crippen molar-refractivity contribution in [1.82, 2.24) is 19.5 Å². The van der Waals surface area contributed by atoms with Crippen LogP contribution >= 0.6 is 0 Å². The van der Waals surface area contributed by atoms with E-state index in [1.807, 2.05) is 18.2 Å². The molecule has 2 heterocycles. The molecule has 3 aliphatic rings. The van der Waals surface area contributed by atoms with E-state index in [-0.39, 0.29) is 0 Å². The zero-order chi connectivity index (χ0) is 49.2. The first-order valence-corrected chi connectivity index (χ1v) is 25.8. The molecule has 0 bridgehead atoms. The average Bonchev–Trinajstić information content (AvgIpc) is 4.10. The van der Waals surface area contributed by atoms with Gasteiger partial charge in [-0.15, -0.1) is 0 Å². The summed E-state index contributed by atoms with van der Waals surface area (Å²) in [5.74, 6) is 1.88. The third kappa shape index (κ3) is 5.74. The van der Waals surface area contributed by atoms with E-state index >= 15 is 0 Å². The highest BCUT2D eigenvalue weighted by Gasteiger charge is 2.59. The molecule has 0 saturated carbocycles. The van der Waals surface area contributed by atoms with E-state index in [0.717, 1.165) is 33.5 Å². The Bertz CT molecular complexity index is 4330. The number of hydrogen-bond donors (Lipinski definition) is 0. The maximum Gasteiger partial charge on any atom is 0.164 e. The van der Waals surface area contributed by atoms with Gasteiger partial charge in [-0.05, 0) is 120 Å². The Kier molecular flexibility index (Phi) is 8.84. The van der Waals surface area contributed by atoms with Gasteiger partial charge in [0.1, 0.15) is 0 Å². The van der Waals surface area contributed by atoms with Crippen LogP contribution in [0.2, 0.25) is 0 Å². The minimum absolute atomic E-state index is 0.530. The van der Waals surface area contributed by atoms with Crippen molar-refractivity contribution in [2.24, 2.45) is 0 Å². The summed E-state index contributed by atoms with van der Waals surface area (Å²) in [5, 5.41) is 2.47. The van der Waals surface area contributed by atoms with Crippen LogP contribution in [-0.4, -0.2) is 19.5 Å². The van der Waals surface area contributed by atoms with Crippen molar-refractivity contribution in [2.45, 2.75) is 10.8 Å². The summed E-state index contributed by atoms with van der Waals surface area (Å²) in [7, 11) is 0. The highest BCUT2D eigenvalue weighted by Crippen LogP contribution is 2.67. The van der Waals surface area contributed by atoms with Gasteiger partial charge in [0.2, 0.25) is 0 Å². The predicted molar refractivity (Wildman–Crippen MR) is 304 cm³/mol. The molecular weight excluding hydrogens is 909 g/mol. The normalized spacial score (nSPS) is 13.8. The van der Waals surface area contributed by atoms with Gasteiger partial charge in [-0.25, -0.2) is 15.0 Å². The topological polar surface area (TPSA) is 43.6 Å². The van der Waals surface area contributed by atoms with Crippen LogP contribution in [0.25, 0.3) is 95.0 Å². The molecule has 0 saturated heterocycles. The molecule has 4 heteroatoms. The standard InChI is InChI=1S/C71H44N4/c1-2-18-46(19-3-1)67-72-68(74-69(73-67)48-38-41-50(42-39-48)75-65-32-16-8-24-55(65)56-25-9-17-33-66(56)75)47-36-34-45(35-37-47)49-40-43-63-64(44-49)71(59-28-12-6-22-53(59)54-23-7-13-29-60(54)71)62-31-15-14-30-61(62)70(63)57-26-10-4-20-51(57)52-21-5-11-27-58(52)70/h1-44H. The van der Waals surface area contributed by atoms with Crippen molar-refractivity contribution in [3.63, 3.8) is 0 Å². The molecule has 11 aromatic carbocycles. The number of rotatable bonds is 5. The van der Waals surface area contributed by atoms with E-state index in [0.29, 0.717) is 17.5 Å². The molecule has 0 atom stereocenters. The summed E-state index contributed by atoms with van der Waals surface area (Å²) in [6, 6.07) is 97.9. The summed E-state index contributed by atoms with van der Waals surface area (Å²) >= 11 is 0. The monoisotopic (exact) mass is 952 g/mol. The molecule has 0 N–H and O–H groups in total. The van der Waals surface area contributed by atoms with Gasteiger partial charge in [-0.1, -0.05) is 224 Å². The van der Waals surface area contributed by atoms with E-state index in [1.165, 1.54) is 88.6 Å². The van der Waals surface area contributed by atoms with Crippen LogP contribution in [0, 0.1) is 0 Å². The highest BCUT2D eigenvalue weighted by atomic mass is 15.0.